The second-order valence-electron chi connectivity index (χ2n) is 5.52. The Morgan fingerprint density at radius 3 is 2.89 bits per heavy atom. The molecule has 0 amide bonds. The van der Waals surface area contributed by atoms with E-state index in [-0.39, 0.29) is 0 Å². The molecule has 0 saturated heterocycles. The molecule has 0 aliphatic heterocycles. The van der Waals surface area contributed by atoms with Gasteiger partial charge < -0.3 is 5.32 Å². The molecule has 19 heavy (non-hydrogen) atoms. The van der Waals surface area contributed by atoms with Crippen LogP contribution in [0.15, 0.2) is 10.9 Å². The van der Waals surface area contributed by atoms with Gasteiger partial charge in [-0.3, -0.25) is 0 Å². The largest absolute Gasteiger partial charge is 0.309 e. The minimum Gasteiger partial charge on any atom is -0.309 e. The number of nitrogens with one attached hydrogen (secondary N) is 1. The molecule has 2 aromatic rings. The van der Waals surface area contributed by atoms with Gasteiger partial charge in [0.05, 0.1) is 11.2 Å². The molecule has 0 atom stereocenters. The minimum atomic E-state index is 0.644. The fourth-order valence-corrected chi connectivity index (χ4v) is 3.64. The van der Waals surface area contributed by atoms with E-state index in [0.717, 1.165) is 29.7 Å². The molecule has 1 aliphatic rings. The number of thiazole rings is 2. The van der Waals surface area contributed by atoms with Gasteiger partial charge in [-0.25, -0.2) is 9.97 Å². The predicted octanol–water partition coefficient (Wildman–Crippen LogP) is 3.72. The molecule has 2 heterocycles. The number of nitrogens with zero attached hydrogens (tertiary/aromatic N) is 2. The summed E-state index contributed by atoms with van der Waals surface area (Å²) in [6, 6.07) is 0.747. The molecule has 1 N–H and O–H groups in total. The molecule has 2 aromatic heterocycles. The van der Waals surface area contributed by atoms with Crippen molar-refractivity contribution in [1.29, 1.82) is 0 Å². The van der Waals surface area contributed by atoms with Crippen LogP contribution < -0.4 is 5.32 Å². The Labute approximate surface area is 122 Å². The van der Waals surface area contributed by atoms with E-state index in [4.69, 9.17) is 4.98 Å². The molecule has 1 aliphatic carbocycles. The SMILES string of the molecule is CC(C)Cc1nc(-c2cscn2)sc1CNC1CC1. The van der Waals surface area contributed by atoms with Gasteiger partial charge >= 0.3 is 0 Å². The fourth-order valence-electron chi connectivity index (χ4n) is 2.02. The lowest BCUT2D eigenvalue weighted by molar-refractivity contribution is 0.624. The topological polar surface area (TPSA) is 37.8 Å². The van der Waals surface area contributed by atoms with E-state index < -0.39 is 0 Å². The van der Waals surface area contributed by atoms with E-state index in [0.29, 0.717) is 5.92 Å². The second-order valence-corrected chi connectivity index (χ2v) is 7.32. The molecule has 0 bridgehead atoms. The molecule has 1 fully saturated rings. The molecule has 0 aromatic carbocycles. The Hall–Kier alpha value is -0.780. The van der Waals surface area contributed by atoms with Gasteiger partial charge in [0.1, 0.15) is 10.7 Å². The maximum atomic E-state index is 4.81. The van der Waals surface area contributed by atoms with Gasteiger partial charge in [0, 0.05) is 22.8 Å². The highest BCUT2D eigenvalue weighted by Crippen LogP contribution is 2.30. The van der Waals surface area contributed by atoms with Crippen LogP contribution >= 0.6 is 22.7 Å². The third kappa shape index (κ3) is 3.41. The zero-order chi connectivity index (χ0) is 13.2. The normalized spacial score (nSPS) is 15.3. The fraction of sp³-hybridized carbons (Fsp3) is 0.571. The second kappa shape index (κ2) is 5.69. The molecule has 0 radical (unpaired) electrons. The van der Waals surface area contributed by atoms with Gasteiger partial charge in [0.2, 0.25) is 0 Å². The molecule has 102 valence electrons. The lowest BCUT2D eigenvalue weighted by atomic mass is 10.1. The van der Waals surface area contributed by atoms with E-state index in [9.17, 15) is 0 Å². The van der Waals surface area contributed by atoms with Gasteiger partial charge in [0.15, 0.2) is 0 Å². The number of aromatic nitrogens is 2. The average molecular weight is 293 g/mol. The number of hydrogen-bond acceptors (Lipinski definition) is 5. The summed E-state index contributed by atoms with van der Waals surface area (Å²) in [7, 11) is 0. The van der Waals surface area contributed by atoms with Crippen molar-refractivity contribution in [1.82, 2.24) is 15.3 Å². The van der Waals surface area contributed by atoms with Crippen LogP contribution in [0.2, 0.25) is 0 Å². The first-order valence-corrected chi connectivity index (χ1v) is 8.59. The summed E-state index contributed by atoms with van der Waals surface area (Å²) in [4.78, 5) is 10.6. The van der Waals surface area contributed by atoms with Crippen LogP contribution in [0.5, 0.6) is 0 Å². The van der Waals surface area contributed by atoms with Gasteiger partial charge in [-0.2, -0.15) is 0 Å². The van der Waals surface area contributed by atoms with E-state index in [1.807, 2.05) is 5.51 Å². The van der Waals surface area contributed by atoms with Gasteiger partial charge in [-0.1, -0.05) is 13.8 Å². The first-order valence-electron chi connectivity index (χ1n) is 6.83. The van der Waals surface area contributed by atoms with Crippen LogP contribution in [0.25, 0.3) is 10.7 Å². The van der Waals surface area contributed by atoms with Crippen molar-refractivity contribution in [3.05, 3.63) is 21.5 Å². The number of rotatable bonds is 6. The Morgan fingerprint density at radius 1 is 1.42 bits per heavy atom. The molecule has 5 heteroatoms. The van der Waals surface area contributed by atoms with Gasteiger partial charge in [-0.05, 0) is 25.2 Å². The third-order valence-electron chi connectivity index (χ3n) is 3.16. The summed E-state index contributed by atoms with van der Waals surface area (Å²) in [6.07, 6.45) is 3.72. The van der Waals surface area contributed by atoms with Crippen molar-refractivity contribution in [3.63, 3.8) is 0 Å². The molecule has 0 spiro atoms. The Kier molecular flexibility index (Phi) is 3.96. The van der Waals surface area contributed by atoms with E-state index in [2.05, 4.69) is 29.5 Å². The first-order chi connectivity index (χ1) is 9.22. The van der Waals surface area contributed by atoms with Crippen LogP contribution in [0, 0.1) is 5.92 Å². The highest BCUT2D eigenvalue weighted by atomic mass is 32.1. The number of hydrogen-bond donors (Lipinski definition) is 1. The smallest absolute Gasteiger partial charge is 0.143 e. The minimum absolute atomic E-state index is 0.644. The van der Waals surface area contributed by atoms with Crippen molar-refractivity contribution in [2.75, 3.05) is 0 Å². The highest BCUT2D eigenvalue weighted by molar-refractivity contribution is 7.15. The first kappa shape index (κ1) is 13.2. The van der Waals surface area contributed by atoms with Crippen LogP contribution in [0.3, 0.4) is 0 Å². The van der Waals surface area contributed by atoms with E-state index >= 15 is 0 Å². The van der Waals surface area contributed by atoms with E-state index in [1.54, 1.807) is 22.7 Å². The van der Waals surface area contributed by atoms with Crippen LogP contribution in [0.4, 0.5) is 0 Å². The summed E-state index contributed by atoms with van der Waals surface area (Å²) in [5.41, 5.74) is 4.16. The molecular formula is C14H19N3S2. The maximum Gasteiger partial charge on any atom is 0.143 e. The molecule has 3 nitrogen and oxygen atoms in total. The van der Waals surface area contributed by atoms with Crippen molar-refractivity contribution in [2.24, 2.45) is 5.92 Å². The summed E-state index contributed by atoms with van der Waals surface area (Å²) in [6.45, 7) is 5.47. The lowest BCUT2D eigenvalue weighted by Gasteiger charge is -2.05. The van der Waals surface area contributed by atoms with Gasteiger partial charge in [-0.15, -0.1) is 22.7 Å². The van der Waals surface area contributed by atoms with Crippen molar-refractivity contribution < 1.29 is 0 Å². The van der Waals surface area contributed by atoms with Crippen molar-refractivity contribution in [2.45, 2.75) is 45.7 Å². The van der Waals surface area contributed by atoms with Crippen LogP contribution in [-0.4, -0.2) is 16.0 Å². The van der Waals surface area contributed by atoms with Crippen molar-refractivity contribution >= 4 is 22.7 Å². The molecular weight excluding hydrogens is 274 g/mol. The zero-order valence-corrected chi connectivity index (χ0v) is 13.0. The van der Waals surface area contributed by atoms with Crippen LogP contribution in [-0.2, 0) is 13.0 Å². The summed E-state index contributed by atoms with van der Waals surface area (Å²) in [5, 5.41) is 6.75. The molecule has 3 rings (SSSR count). The van der Waals surface area contributed by atoms with Crippen LogP contribution in [0.1, 0.15) is 37.3 Å². The third-order valence-corrected chi connectivity index (χ3v) is 4.87. The monoisotopic (exact) mass is 293 g/mol. The van der Waals surface area contributed by atoms with Gasteiger partial charge in [0.25, 0.3) is 0 Å². The predicted molar refractivity (Wildman–Crippen MR) is 81.6 cm³/mol. The highest BCUT2D eigenvalue weighted by Gasteiger charge is 2.22. The van der Waals surface area contributed by atoms with Crippen molar-refractivity contribution in [3.8, 4) is 10.7 Å². The zero-order valence-electron chi connectivity index (χ0n) is 11.3. The standard InChI is InChI=1S/C14H19N3S2/c1-9(2)5-11-13(6-15-10-3-4-10)19-14(17-11)12-7-18-8-16-12/h7-10,15H,3-6H2,1-2H3. The Morgan fingerprint density at radius 2 is 2.26 bits per heavy atom. The quantitative estimate of drug-likeness (QED) is 0.882. The molecule has 0 unspecified atom stereocenters. The summed E-state index contributed by atoms with van der Waals surface area (Å²) < 4.78 is 0. The Bertz CT molecular complexity index is 527. The Balaban J connectivity index is 1.81. The summed E-state index contributed by atoms with van der Waals surface area (Å²) >= 11 is 3.43. The lowest BCUT2D eigenvalue weighted by Crippen LogP contribution is -2.15. The average Bonchev–Trinajstić information content (AvgIpc) is 2.89. The molecule has 1 saturated carbocycles. The van der Waals surface area contributed by atoms with E-state index in [1.165, 1.54) is 23.4 Å². The maximum absolute atomic E-state index is 4.81. The summed E-state index contributed by atoms with van der Waals surface area (Å²) in [5.74, 6) is 0.644.